The molecule has 0 saturated carbocycles. The van der Waals surface area contributed by atoms with Gasteiger partial charge in [-0.15, -0.1) is 0 Å². The Hall–Kier alpha value is -1.16. The van der Waals surface area contributed by atoms with Crippen LogP contribution in [0.1, 0.15) is 25.0 Å². The molecule has 0 aromatic carbocycles. The molecule has 4 heteroatoms. The summed E-state index contributed by atoms with van der Waals surface area (Å²) < 4.78 is 0. The van der Waals surface area contributed by atoms with Crippen LogP contribution in [0.5, 0.6) is 0 Å². The van der Waals surface area contributed by atoms with E-state index in [4.69, 9.17) is 0 Å². The molecule has 0 spiro atoms. The molecule has 0 bridgehead atoms. The fourth-order valence-electron chi connectivity index (χ4n) is 2.17. The van der Waals surface area contributed by atoms with Crippen molar-refractivity contribution in [1.82, 2.24) is 14.9 Å². The van der Waals surface area contributed by atoms with Gasteiger partial charge in [-0.3, -0.25) is 0 Å². The van der Waals surface area contributed by atoms with E-state index < -0.39 is 0 Å². The van der Waals surface area contributed by atoms with Crippen molar-refractivity contribution >= 4 is 5.95 Å². The molecule has 0 unspecified atom stereocenters. The van der Waals surface area contributed by atoms with Gasteiger partial charge in [-0.1, -0.05) is 6.92 Å². The minimum atomic E-state index is 0.585. The molecule has 1 fully saturated rings. The van der Waals surface area contributed by atoms with Gasteiger partial charge in [0.1, 0.15) is 0 Å². The van der Waals surface area contributed by atoms with Crippen LogP contribution in [0.3, 0.4) is 0 Å². The van der Waals surface area contributed by atoms with E-state index in [1.165, 1.54) is 18.7 Å². The molecule has 2 rings (SSSR count). The van der Waals surface area contributed by atoms with Gasteiger partial charge in [0, 0.05) is 32.8 Å². The summed E-state index contributed by atoms with van der Waals surface area (Å²) >= 11 is 0. The second-order valence-electron chi connectivity index (χ2n) is 4.55. The van der Waals surface area contributed by atoms with E-state index in [0.29, 0.717) is 5.92 Å². The maximum absolute atomic E-state index is 4.61. The van der Waals surface area contributed by atoms with E-state index in [2.05, 4.69) is 27.9 Å². The quantitative estimate of drug-likeness (QED) is 0.769. The predicted octanol–water partition coefficient (Wildman–Crippen LogP) is 1.35. The van der Waals surface area contributed by atoms with Gasteiger partial charge in [0.15, 0.2) is 0 Å². The summed E-state index contributed by atoms with van der Waals surface area (Å²) in [6, 6.07) is 2.05. The van der Waals surface area contributed by atoms with E-state index >= 15 is 0 Å². The Morgan fingerprint density at radius 1 is 1.50 bits per heavy atom. The van der Waals surface area contributed by atoms with E-state index in [-0.39, 0.29) is 0 Å². The minimum absolute atomic E-state index is 0.585. The fourth-order valence-corrected chi connectivity index (χ4v) is 2.17. The molecule has 0 radical (unpaired) electrons. The van der Waals surface area contributed by atoms with Crippen molar-refractivity contribution in [1.29, 1.82) is 0 Å². The Kier molecular flexibility index (Phi) is 3.39. The summed E-state index contributed by atoms with van der Waals surface area (Å²) in [4.78, 5) is 13.3. The Bertz CT molecular complexity index is 351. The molecule has 0 N–H and O–H groups in total. The molecule has 1 aromatic heterocycles. The third-order valence-corrected chi connectivity index (χ3v) is 3.20. The van der Waals surface area contributed by atoms with Gasteiger partial charge < -0.3 is 9.80 Å². The Labute approximate surface area is 97.3 Å². The van der Waals surface area contributed by atoms with Crippen molar-refractivity contribution in [3.05, 3.63) is 18.0 Å². The summed E-state index contributed by atoms with van der Waals surface area (Å²) in [7, 11) is 3.96. The van der Waals surface area contributed by atoms with Crippen molar-refractivity contribution in [2.75, 3.05) is 38.6 Å². The number of hydrogen-bond donors (Lipinski definition) is 0. The highest BCUT2D eigenvalue weighted by molar-refractivity contribution is 5.28. The Morgan fingerprint density at radius 3 is 2.94 bits per heavy atom. The molecular weight excluding hydrogens is 200 g/mol. The monoisotopic (exact) mass is 220 g/mol. The predicted molar refractivity (Wildman–Crippen MR) is 65.8 cm³/mol. The first-order valence-electron chi connectivity index (χ1n) is 5.93. The molecule has 4 nitrogen and oxygen atoms in total. The molecular formula is C12H20N4. The van der Waals surface area contributed by atoms with Crippen molar-refractivity contribution in [2.45, 2.75) is 19.3 Å². The van der Waals surface area contributed by atoms with Crippen LogP contribution >= 0.6 is 0 Å². The standard InChI is InChI=1S/C12H20N4/c1-4-16-8-6-10(9-16)11-5-7-13-12(14-11)15(2)3/h5,7,10H,4,6,8-9H2,1-3H3/t10-/m1/s1. The van der Waals surface area contributed by atoms with Gasteiger partial charge in [0.2, 0.25) is 5.95 Å². The van der Waals surface area contributed by atoms with Crippen molar-refractivity contribution in [3.63, 3.8) is 0 Å². The highest BCUT2D eigenvalue weighted by atomic mass is 15.2. The van der Waals surface area contributed by atoms with Gasteiger partial charge in [-0.2, -0.15) is 0 Å². The second-order valence-corrected chi connectivity index (χ2v) is 4.55. The largest absolute Gasteiger partial charge is 0.347 e. The second kappa shape index (κ2) is 4.78. The number of aromatic nitrogens is 2. The first-order valence-corrected chi connectivity index (χ1v) is 5.93. The maximum atomic E-state index is 4.61. The van der Waals surface area contributed by atoms with Crippen LogP contribution in [0.15, 0.2) is 12.3 Å². The lowest BCUT2D eigenvalue weighted by Gasteiger charge is -2.15. The number of nitrogens with zero attached hydrogens (tertiary/aromatic N) is 4. The van der Waals surface area contributed by atoms with Crippen LogP contribution in [0.2, 0.25) is 0 Å². The highest BCUT2D eigenvalue weighted by Gasteiger charge is 2.23. The summed E-state index contributed by atoms with van der Waals surface area (Å²) in [5.74, 6) is 1.40. The summed E-state index contributed by atoms with van der Waals surface area (Å²) in [6.45, 7) is 5.69. The molecule has 0 aliphatic carbocycles. The van der Waals surface area contributed by atoms with Crippen LogP contribution < -0.4 is 4.90 Å². The summed E-state index contributed by atoms with van der Waals surface area (Å²) in [5, 5.41) is 0. The van der Waals surface area contributed by atoms with Crippen LogP contribution in [0.4, 0.5) is 5.95 Å². The lowest BCUT2D eigenvalue weighted by atomic mass is 10.1. The third-order valence-electron chi connectivity index (χ3n) is 3.20. The molecule has 1 aliphatic rings. The average Bonchev–Trinajstić information content (AvgIpc) is 2.77. The van der Waals surface area contributed by atoms with Gasteiger partial charge in [0.05, 0.1) is 5.69 Å². The van der Waals surface area contributed by atoms with Gasteiger partial charge in [-0.05, 0) is 25.6 Å². The number of rotatable bonds is 3. The Balaban J connectivity index is 2.12. The highest BCUT2D eigenvalue weighted by Crippen LogP contribution is 2.25. The van der Waals surface area contributed by atoms with Gasteiger partial charge in [0.25, 0.3) is 0 Å². The van der Waals surface area contributed by atoms with Crippen LogP contribution in [0.25, 0.3) is 0 Å². The van der Waals surface area contributed by atoms with Gasteiger partial charge >= 0.3 is 0 Å². The smallest absolute Gasteiger partial charge is 0.224 e. The van der Waals surface area contributed by atoms with Gasteiger partial charge in [-0.25, -0.2) is 9.97 Å². The molecule has 1 saturated heterocycles. The van der Waals surface area contributed by atoms with Crippen LogP contribution in [-0.4, -0.2) is 48.6 Å². The first-order chi connectivity index (χ1) is 7.70. The van der Waals surface area contributed by atoms with Crippen LogP contribution in [0, 0.1) is 0 Å². The summed E-state index contributed by atoms with van der Waals surface area (Å²) in [6.07, 6.45) is 3.09. The molecule has 16 heavy (non-hydrogen) atoms. The van der Waals surface area contributed by atoms with E-state index in [1.807, 2.05) is 25.2 Å². The van der Waals surface area contributed by atoms with E-state index in [9.17, 15) is 0 Å². The van der Waals surface area contributed by atoms with Crippen molar-refractivity contribution < 1.29 is 0 Å². The topological polar surface area (TPSA) is 32.3 Å². The molecule has 1 atom stereocenters. The number of anilines is 1. The molecule has 88 valence electrons. The zero-order valence-corrected chi connectivity index (χ0v) is 10.3. The van der Waals surface area contributed by atoms with Crippen LogP contribution in [-0.2, 0) is 0 Å². The van der Waals surface area contributed by atoms with Crippen molar-refractivity contribution in [3.8, 4) is 0 Å². The van der Waals surface area contributed by atoms with E-state index in [0.717, 1.165) is 19.0 Å². The molecule has 1 aliphatic heterocycles. The molecule has 1 aromatic rings. The SMILES string of the molecule is CCN1CC[C@@H](c2ccnc(N(C)C)n2)C1. The first kappa shape index (κ1) is 11.3. The lowest BCUT2D eigenvalue weighted by molar-refractivity contribution is 0.353. The molecule has 0 amide bonds. The number of hydrogen-bond acceptors (Lipinski definition) is 4. The zero-order valence-electron chi connectivity index (χ0n) is 10.3. The third kappa shape index (κ3) is 2.32. The number of likely N-dealkylation sites (N-methyl/N-ethyl adjacent to an activating group) is 1. The fraction of sp³-hybridized carbons (Fsp3) is 0.667. The molecule has 2 heterocycles. The normalized spacial score (nSPS) is 21.3. The average molecular weight is 220 g/mol. The Morgan fingerprint density at radius 2 is 2.31 bits per heavy atom. The minimum Gasteiger partial charge on any atom is -0.347 e. The summed E-state index contributed by atoms with van der Waals surface area (Å²) in [5.41, 5.74) is 1.19. The number of likely N-dealkylation sites (tertiary alicyclic amines) is 1. The van der Waals surface area contributed by atoms with Crippen molar-refractivity contribution in [2.24, 2.45) is 0 Å². The zero-order chi connectivity index (χ0) is 11.5. The lowest BCUT2D eigenvalue weighted by Crippen LogP contribution is -2.20. The maximum Gasteiger partial charge on any atom is 0.224 e. The van der Waals surface area contributed by atoms with E-state index in [1.54, 1.807) is 0 Å².